The Morgan fingerprint density at radius 3 is 2.60 bits per heavy atom. The highest BCUT2D eigenvalue weighted by molar-refractivity contribution is 5.04. The molecular formula is C16H33NO3. The van der Waals surface area contributed by atoms with Crippen LogP contribution in [0.3, 0.4) is 0 Å². The maximum Gasteiger partial charge on any atom is 0.0704 e. The van der Waals surface area contributed by atoms with Crippen LogP contribution in [0.2, 0.25) is 0 Å². The molecular weight excluding hydrogens is 254 g/mol. The van der Waals surface area contributed by atoms with E-state index in [0.29, 0.717) is 25.4 Å². The average molecular weight is 287 g/mol. The van der Waals surface area contributed by atoms with Gasteiger partial charge in [0.1, 0.15) is 0 Å². The van der Waals surface area contributed by atoms with Gasteiger partial charge in [0.15, 0.2) is 0 Å². The largest absolute Gasteiger partial charge is 0.385 e. The number of hydrogen-bond donors (Lipinski definition) is 1. The summed E-state index contributed by atoms with van der Waals surface area (Å²) in [6.07, 6.45) is 4.82. The molecule has 4 heteroatoms. The van der Waals surface area contributed by atoms with E-state index >= 15 is 0 Å². The third-order valence-electron chi connectivity index (χ3n) is 4.57. The van der Waals surface area contributed by atoms with E-state index < -0.39 is 0 Å². The Morgan fingerprint density at radius 1 is 1.15 bits per heavy atom. The molecule has 0 aromatic heterocycles. The Morgan fingerprint density at radius 2 is 1.95 bits per heavy atom. The molecule has 0 spiro atoms. The van der Waals surface area contributed by atoms with Crippen molar-refractivity contribution in [2.24, 2.45) is 5.41 Å². The highest BCUT2D eigenvalue weighted by Crippen LogP contribution is 2.45. The number of rotatable bonds is 12. The molecule has 1 saturated carbocycles. The zero-order valence-electron chi connectivity index (χ0n) is 13.7. The summed E-state index contributed by atoms with van der Waals surface area (Å²) in [4.78, 5) is 0. The zero-order valence-corrected chi connectivity index (χ0v) is 13.7. The predicted octanol–water partition coefficient (Wildman–Crippen LogP) is 2.61. The first-order valence-corrected chi connectivity index (χ1v) is 8.10. The number of ether oxygens (including phenoxy) is 3. The van der Waals surface area contributed by atoms with Gasteiger partial charge in [0, 0.05) is 31.8 Å². The minimum atomic E-state index is 0.283. The third kappa shape index (κ3) is 4.99. The van der Waals surface area contributed by atoms with Gasteiger partial charge >= 0.3 is 0 Å². The fourth-order valence-electron chi connectivity index (χ4n) is 2.84. The van der Waals surface area contributed by atoms with Gasteiger partial charge in [-0.15, -0.1) is 0 Å². The molecule has 1 aliphatic rings. The van der Waals surface area contributed by atoms with Gasteiger partial charge in [-0.3, -0.25) is 0 Å². The molecule has 0 saturated heterocycles. The Kier molecular flexibility index (Phi) is 8.69. The van der Waals surface area contributed by atoms with Crippen LogP contribution in [0.4, 0.5) is 0 Å². The van der Waals surface area contributed by atoms with E-state index in [1.807, 2.05) is 0 Å². The van der Waals surface area contributed by atoms with Crippen molar-refractivity contribution in [2.45, 2.75) is 58.6 Å². The lowest BCUT2D eigenvalue weighted by Crippen LogP contribution is -2.62. The number of methoxy groups -OCH3 is 1. The first-order valence-electron chi connectivity index (χ1n) is 8.10. The van der Waals surface area contributed by atoms with Gasteiger partial charge in [0.25, 0.3) is 0 Å². The number of nitrogens with one attached hydrogen (secondary N) is 1. The van der Waals surface area contributed by atoms with Gasteiger partial charge in [-0.25, -0.2) is 0 Å². The Bertz CT molecular complexity index is 250. The van der Waals surface area contributed by atoms with Crippen LogP contribution in [0, 0.1) is 5.41 Å². The Hall–Kier alpha value is -0.160. The van der Waals surface area contributed by atoms with Crippen LogP contribution in [0.25, 0.3) is 0 Å². The smallest absolute Gasteiger partial charge is 0.0704 e. The highest BCUT2D eigenvalue weighted by Gasteiger charge is 2.50. The quantitative estimate of drug-likeness (QED) is 0.560. The molecule has 1 N–H and O–H groups in total. The van der Waals surface area contributed by atoms with E-state index in [4.69, 9.17) is 14.2 Å². The topological polar surface area (TPSA) is 39.7 Å². The van der Waals surface area contributed by atoms with Crippen molar-refractivity contribution >= 4 is 0 Å². The summed E-state index contributed by atoms with van der Waals surface area (Å²) in [5.41, 5.74) is 0.283. The van der Waals surface area contributed by atoms with Gasteiger partial charge < -0.3 is 19.5 Å². The van der Waals surface area contributed by atoms with Crippen molar-refractivity contribution in [1.29, 1.82) is 0 Å². The molecule has 4 nitrogen and oxygen atoms in total. The van der Waals surface area contributed by atoms with Crippen LogP contribution in [-0.4, -0.2) is 52.2 Å². The van der Waals surface area contributed by atoms with Crippen LogP contribution >= 0.6 is 0 Å². The molecule has 0 heterocycles. The van der Waals surface area contributed by atoms with Crippen LogP contribution < -0.4 is 5.32 Å². The maximum absolute atomic E-state index is 6.00. The molecule has 0 aromatic carbocycles. The number of hydrogen-bond acceptors (Lipinski definition) is 4. The standard InChI is InChI=1S/C16H33NO3/c1-5-8-17-14-13-15(16(14,3)6-2)20-12-11-19-10-7-9-18-4/h14-15,17H,5-13H2,1-4H3. The molecule has 1 aliphatic carbocycles. The van der Waals surface area contributed by atoms with Gasteiger partial charge in [-0.05, 0) is 32.2 Å². The van der Waals surface area contributed by atoms with E-state index in [9.17, 15) is 0 Å². The molecule has 3 atom stereocenters. The van der Waals surface area contributed by atoms with Gasteiger partial charge in [-0.1, -0.05) is 20.8 Å². The van der Waals surface area contributed by atoms with Crippen molar-refractivity contribution in [3.05, 3.63) is 0 Å². The first kappa shape index (κ1) is 17.9. The van der Waals surface area contributed by atoms with Crippen LogP contribution in [0.15, 0.2) is 0 Å². The van der Waals surface area contributed by atoms with Gasteiger partial charge in [0.2, 0.25) is 0 Å². The summed E-state index contributed by atoms with van der Waals surface area (Å²) in [7, 11) is 1.72. The van der Waals surface area contributed by atoms with E-state index in [-0.39, 0.29) is 5.41 Å². The third-order valence-corrected chi connectivity index (χ3v) is 4.57. The SMILES string of the molecule is CCCNC1CC(OCCOCCCOC)C1(C)CC. The van der Waals surface area contributed by atoms with Crippen molar-refractivity contribution in [2.75, 3.05) is 40.1 Å². The Labute approximate surface area is 124 Å². The minimum absolute atomic E-state index is 0.283. The highest BCUT2D eigenvalue weighted by atomic mass is 16.5. The molecule has 1 rings (SSSR count). The lowest BCUT2D eigenvalue weighted by molar-refractivity contribution is -0.137. The summed E-state index contributed by atoms with van der Waals surface area (Å²) in [5.74, 6) is 0. The van der Waals surface area contributed by atoms with Gasteiger partial charge in [0.05, 0.1) is 19.3 Å². The average Bonchev–Trinajstić information content (AvgIpc) is 2.46. The van der Waals surface area contributed by atoms with E-state index in [1.54, 1.807) is 7.11 Å². The molecule has 0 radical (unpaired) electrons. The second kappa shape index (κ2) is 9.72. The van der Waals surface area contributed by atoms with E-state index in [0.717, 1.165) is 39.0 Å². The van der Waals surface area contributed by atoms with Crippen molar-refractivity contribution in [1.82, 2.24) is 5.32 Å². The molecule has 0 bridgehead atoms. The molecule has 0 aliphatic heterocycles. The minimum Gasteiger partial charge on any atom is -0.385 e. The summed E-state index contributed by atoms with van der Waals surface area (Å²) < 4.78 is 16.5. The zero-order chi connectivity index (χ0) is 14.8. The fraction of sp³-hybridized carbons (Fsp3) is 1.00. The summed E-state index contributed by atoms with van der Waals surface area (Å²) in [6, 6.07) is 0.611. The summed E-state index contributed by atoms with van der Waals surface area (Å²) >= 11 is 0. The van der Waals surface area contributed by atoms with Crippen LogP contribution in [0.5, 0.6) is 0 Å². The monoisotopic (exact) mass is 287 g/mol. The van der Waals surface area contributed by atoms with Crippen molar-refractivity contribution in [3.8, 4) is 0 Å². The molecule has 120 valence electrons. The molecule has 0 aromatic rings. The van der Waals surface area contributed by atoms with Crippen molar-refractivity contribution in [3.63, 3.8) is 0 Å². The Balaban J connectivity index is 2.12. The lowest BCUT2D eigenvalue weighted by atomic mass is 9.61. The molecule has 1 fully saturated rings. The molecule has 20 heavy (non-hydrogen) atoms. The molecule has 3 unspecified atom stereocenters. The lowest BCUT2D eigenvalue weighted by Gasteiger charge is -2.54. The van der Waals surface area contributed by atoms with Crippen molar-refractivity contribution < 1.29 is 14.2 Å². The molecule has 0 amide bonds. The summed E-state index contributed by atoms with van der Waals surface area (Å²) in [5, 5.41) is 3.64. The van der Waals surface area contributed by atoms with Crippen LogP contribution in [-0.2, 0) is 14.2 Å². The second-order valence-electron chi connectivity index (χ2n) is 5.92. The predicted molar refractivity (Wildman–Crippen MR) is 82.1 cm³/mol. The summed E-state index contributed by atoms with van der Waals surface area (Å²) in [6.45, 7) is 10.8. The van der Waals surface area contributed by atoms with E-state index in [2.05, 4.69) is 26.1 Å². The fourth-order valence-corrected chi connectivity index (χ4v) is 2.84. The van der Waals surface area contributed by atoms with Gasteiger partial charge in [-0.2, -0.15) is 0 Å². The normalized spacial score (nSPS) is 29.4. The maximum atomic E-state index is 6.00. The second-order valence-corrected chi connectivity index (χ2v) is 5.92. The first-order chi connectivity index (χ1) is 9.69. The van der Waals surface area contributed by atoms with Crippen LogP contribution in [0.1, 0.15) is 46.5 Å². The van der Waals surface area contributed by atoms with E-state index in [1.165, 1.54) is 6.42 Å².